The summed E-state index contributed by atoms with van der Waals surface area (Å²) in [7, 11) is 0. The Morgan fingerprint density at radius 1 is 1.26 bits per heavy atom. The number of carbonyl (C=O) groups excluding carboxylic acids is 1. The van der Waals surface area contributed by atoms with E-state index in [-0.39, 0.29) is 5.78 Å². The van der Waals surface area contributed by atoms with Gasteiger partial charge in [-0.2, -0.15) is 0 Å². The average molecular weight is 270 g/mol. The maximum absolute atomic E-state index is 12.7. The van der Waals surface area contributed by atoms with Gasteiger partial charge in [-0.15, -0.1) is 17.9 Å². The van der Waals surface area contributed by atoms with Gasteiger partial charge in [-0.05, 0) is 23.6 Å². The van der Waals surface area contributed by atoms with E-state index in [1.54, 1.807) is 17.4 Å². The Hall–Kier alpha value is -1.87. The normalized spacial score (nSPS) is 20.9. The van der Waals surface area contributed by atoms with Crippen LogP contribution in [0.2, 0.25) is 0 Å². The SMILES string of the molecule is C=CC[C@@]1(Cc2cccs2)Oc2ccccc2C1=O. The highest BCUT2D eigenvalue weighted by atomic mass is 32.1. The Morgan fingerprint density at radius 2 is 2.11 bits per heavy atom. The molecule has 19 heavy (non-hydrogen) atoms. The monoisotopic (exact) mass is 270 g/mol. The van der Waals surface area contributed by atoms with Gasteiger partial charge in [-0.1, -0.05) is 24.3 Å². The Kier molecular flexibility index (Phi) is 2.99. The van der Waals surface area contributed by atoms with Crippen LogP contribution in [0.15, 0.2) is 54.4 Å². The number of ether oxygens (including phenoxy) is 1. The molecule has 0 N–H and O–H groups in total. The zero-order valence-electron chi connectivity index (χ0n) is 10.5. The number of benzene rings is 1. The van der Waals surface area contributed by atoms with Crippen molar-refractivity contribution in [2.24, 2.45) is 0 Å². The van der Waals surface area contributed by atoms with Crippen molar-refractivity contribution in [3.63, 3.8) is 0 Å². The molecule has 1 aromatic carbocycles. The quantitative estimate of drug-likeness (QED) is 0.788. The first-order valence-corrected chi connectivity index (χ1v) is 7.09. The number of rotatable bonds is 4. The van der Waals surface area contributed by atoms with E-state index in [9.17, 15) is 4.79 Å². The molecule has 0 fully saturated rings. The third-order valence-corrected chi connectivity index (χ3v) is 4.24. The lowest BCUT2D eigenvalue weighted by Crippen LogP contribution is -2.41. The fourth-order valence-electron chi connectivity index (χ4n) is 2.50. The molecule has 1 aromatic heterocycles. The number of Topliss-reactive ketones (excluding diaryl/α,β-unsaturated/α-hetero) is 1. The highest BCUT2D eigenvalue weighted by Gasteiger charge is 2.46. The highest BCUT2D eigenvalue weighted by Crippen LogP contribution is 2.39. The standard InChI is InChI=1S/C16H14O2S/c1-2-9-16(11-12-6-5-10-19-12)15(17)13-7-3-4-8-14(13)18-16/h2-8,10H,1,9,11H2/t16-/m0/s1. The zero-order valence-corrected chi connectivity index (χ0v) is 11.3. The minimum absolute atomic E-state index is 0.0661. The molecule has 1 aliphatic rings. The van der Waals surface area contributed by atoms with Crippen molar-refractivity contribution in [2.45, 2.75) is 18.4 Å². The molecule has 0 unspecified atom stereocenters. The molecule has 0 bridgehead atoms. The van der Waals surface area contributed by atoms with Crippen LogP contribution in [0.25, 0.3) is 0 Å². The van der Waals surface area contributed by atoms with Gasteiger partial charge < -0.3 is 4.74 Å². The van der Waals surface area contributed by atoms with Crippen molar-refractivity contribution in [3.05, 3.63) is 64.9 Å². The van der Waals surface area contributed by atoms with Crippen LogP contribution in [0.3, 0.4) is 0 Å². The summed E-state index contributed by atoms with van der Waals surface area (Å²) in [4.78, 5) is 13.8. The van der Waals surface area contributed by atoms with Crippen molar-refractivity contribution in [2.75, 3.05) is 0 Å². The highest BCUT2D eigenvalue weighted by molar-refractivity contribution is 7.09. The second-order valence-electron chi connectivity index (χ2n) is 4.67. The molecule has 1 aliphatic heterocycles. The summed E-state index contributed by atoms with van der Waals surface area (Å²) in [5.74, 6) is 0.752. The first kappa shape index (κ1) is 12.2. The van der Waals surface area contributed by atoms with Gasteiger partial charge in [0.25, 0.3) is 0 Å². The molecule has 0 saturated carbocycles. The maximum atomic E-state index is 12.7. The summed E-state index contributed by atoms with van der Waals surface area (Å²) in [5, 5.41) is 2.02. The lowest BCUT2D eigenvalue weighted by atomic mass is 9.88. The Bertz CT molecular complexity index is 611. The molecule has 0 amide bonds. The van der Waals surface area contributed by atoms with Gasteiger partial charge in [0.2, 0.25) is 5.78 Å². The fourth-order valence-corrected chi connectivity index (χ4v) is 3.30. The van der Waals surface area contributed by atoms with Crippen molar-refractivity contribution in [3.8, 4) is 5.75 Å². The number of thiophene rings is 1. The van der Waals surface area contributed by atoms with Crippen molar-refractivity contribution < 1.29 is 9.53 Å². The van der Waals surface area contributed by atoms with Gasteiger partial charge in [-0.3, -0.25) is 4.79 Å². The van der Waals surface area contributed by atoms with Crippen LogP contribution in [-0.2, 0) is 6.42 Å². The summed E-state index contributed by atoms with van der Waals surface area (Å²) < 4.78 is 6.01. The van der Waals surface area contributed by atoms with Crippen molar-refractivity contribution in [1.29, 1.82) is 0 Å². The first-order valence-electron chi connectivity index (χ1n) is 6.21. The molecule has 0 radical (unpaired) electrons. The first-order chi connectivity index (χ1) is 9.25. The summed E-state index contributed by atoms with van der Waals surface area (Å²) in [6, 6.07) is 11.5. The minimum atomic E-state index is -0.809. The largest absolute Gasteiger partial charge is 0.478 e. The van der Waals surface area contributed by atoms with Crippen molar-refractivity contribution in [1.82, 2.24) is 0 Å². The van der Waals surface area contributed by atoms with E-state index < -0.39 is 5.60 Å². The number of hydrogen-bond donors (Lipinski definition) is 0. The second-order valence-corrected chi connectivity index (χ2v) is 5.70. The summed E-state index contributed by atoms with van der Waals surface area (Å²) in [5.41, 5.74) is -0.128. The molecule has 0 spiro atoms. The molecule has 2 heterocycles. The topological polar surface area (TPSA) is 26.3 Å². The van der Waals surface area contributed by atoms with E-state index >= 15 is 0 Å². The minimum Gasteiger partial charge on any atom is -0.478 e. The number of carbonyl (C=O) groups is 1. The zero-order chi connectivity index (χ0) is 13.3. The van der Waals surface area contributed by atoms with Crippen LogP contribution in [0.4, 0.5) is 0 Å². The lowest BCUT2D eigenvalue weighted by molar-refractivity contribution is 0.0574. The Morgan fingerprint density at radius 3 is 2.79 bits per heavy atom. The van der Waals surface area contributed by atoms with Gasteiger partial charge in [0.1, 0.15) is 5.75 Å². The van der Waals surface area contributed by atoms with Crippen LogP contribution in [0, 0.1) is 0 Å². The molecular formula is C16H14O2S. The second kappa shape index (κ2) is 4.67. The molecule has 0 saturated heterocycles. The molecular weight excluding hydrogens is 256 g/mol. The summed E-state index contributed by atoms with van der Waals surface area (Å²) in [6.45, 7) is 3.77. The van der Waals surface area contributed by atoms with Crippen LogP contribution in [0.5, 0.6) is 5.75 Å². The summed E-state index contributed by atoms with van der Waals surface area (Å²) >= 11 is 1.65. The van der Waals surface area contributed by atoms with E-state index in [1.165, 1.54) is 0 Å². The van der Waals surface area contributed by atoms with E-state index in [4.69, 9.17) is 4.74 Å². The van der Waals surface area contributed by atoms with Gasteiger partial charge in [0.05, 0.1) is 5.56 Å². The van der Waals surface area contributed by atoms with E-state index in [1.807, 2.05) is 41.8 Å². The number of para-hydroxylation sites is 1. The fraction of sp³-hybridized carbons (Fsp3) is 0.188. The lowest BCUT2D eigenvalue weighted by Gasteiger charge is -2.25. The van der Waals surface area contributed by atoms with E-state index in [2.05, 4.69) is 6.58 Å². The predicted molar refractivity (Wildman–Crippen MR) is 77.0 cm³/mol. The molecule has 3 heteroatoms. The Labute approximate surface area is 116 Å². The Balaban J connectivity index is 2.00. The maximum Gasteiger partial charge on any atom is 0.210 e. The van der Waals surface area contributed by atoms with Gasteiger partial charge >= 0.3 is 0 Å². The van der Waals surface area contributed by atoms with Crippen molar-refractivity contribution >= 4 is 17.1 Å². The van der Waals surface area contributed by atoms with Gasteiger partial charge in [-0.25, -0.2) is 0 Å². The van der Waals surface area contributed by atoms with Crippen LogP contribution >= 0.6 is 11.3 Å². The predicted octanol–water partition coefficient (Wildman–Crippen LogP) is 3.88. The van der Waals surface area contributed by atoms with Crippen LogP contribution < -0.4 is 4.74 Å². The molecule has 2 aromatic rings. The van der Waals surface area contributed by atoms with E-state index in [0.29, 0.717) is 24.2 Å². The number of ketones is 1. The van der Waals surface area contributed by atoms with Gasteiger partial charge in [0.15, 0.2) is 5.60 Å². The van der Waals surface area contributed by atoms with Crippen LogP contribution in [0.1, 0.15) is 21.7 Å². The molecule has 2 nitrogen and oxygen atoms in total. The number of fused-ring (bicyclic) bond motifs is 1. The molecule has 3 rings (SSSR count). The van der Waals surface area contributed by atoms with Crippen LogP contribution in [-0.4, -0.2) is 11.4 Å². The summed E-state index contributed by atoms with van der Waals surface area (Å²) in [6.07, 6.45) is 2.89. The smallest absolute Gasteiger partial charge is 0.210 e. The van der Waals surface area contributed by atoms with Gasteiger partial charge in [0, 0.05) is 17.7 Å². The average Bonchev–Trinajstić information content (AvgIpc) is 2.99. The third-order valence-electron chi connectivity index (χ3n) is 3.36. The molecule has 0 aliphatic carbocycles. The number of hydrogen-bond acceptors (Lipinski definition) is 3. The third kappa shape index (κ3) is 2.00. The molecule has 1 atom stereocenters. The van der Waals surface area contributed by atoms with E-state index in [0.717, 1.165) is 4.88 Å². The molecule has 96 valence electrons.